The molecular weight excluding hydrogens is 354 g/mol. The van der Waals surface area contributed by atoms with Crippen LogP contribution in [-0.2, 0) is 0 Å². The third kappa shape index (κ3) is 3.15. The van der Waals surface area contributed by atoms with E-state index >= 15 is 0 Å². The smallest absolute Gasteiger partial charge is 0.0621 e. The number of rotatable bonds is 4. The quantitative estimate of drug-likeness (QED) is 0.523. The first kappa shape index (κ1) is 21.2. The number of nitrogens with zero attached hydrogens (tertiary/aromatic N) is 1. The highest BCUT2D eigenvalue weighted by atomic mass is 16.3. The van der Waals surface area contributed by atoms with Gasteiger partial charge in [0.25, 0.3) is 0 Å². The van der Waals surface area contributed by atoms with Gasteiger partial charge in [0.1, 0.15) is 0 Å². The van der Waals surface area contributed by atoms with Crippen molar-refractivity contribution in [3.8, 4) is 6.07 Å². The summed E-state index contributed by atoms with van der Waals surface area (Å²) in [6.45, 7) is 12.1. The predicted molar refractivity (Wildman–Crippen MR) is 119 cm³/mol. The summed E-state index contributed by atoms with van der Waals surface area (Å²) in [7, 11) is 0. The molecule has 1 unspecified atom stereocenters. The lowest BCUT2D eigenvalue weighted by Crippen LogP contribution is -2.54. The Morgan fingerprint density at radius 1 is 1.21 bits per heavy atom. The average molecular weight is 396 g/mol. The Morgan fingerprint density at radius 2 is 1.97 bits per heavy atom. The summed E-state index contributed by atoms with van der Waals surface area (Å²) in [5.74, 6) is 1.75. The highest BCUT2D eigenvalue weighted by Crippen LogP contribution is 2.67. The molecule has 6 atom stereocenters. The van der Waals surface area contributed by atoms with Crippen molar-refractivity contribution < 1.29 is 5.11 Å². The highest BCUT2D eigenvalue weighted by Gasteiger charge is 2.58. The van der Waals surface area contributed by atoms with Gasteiger partial charge in [-0.05, 0) is 103 Å². The van der Waals surface area contributed by atoms with Gasteiger partial charge in [0.15, 0.2) is 0 Å². The van der Waals surface area contributed by atoms with E-state index in [0.29, 0.717) is 29.6 Å². The Morgan fingerprint density at radius 3 is 2.69 bits per heavy atom. The first-order valence-corrected chi connectivity index (χ1v) is 12.1. The Balaban J connectivity index is 1.80. The number of unbranched alkanes of at least 4 members (excludes halogenated alkanes) is 1. The summed E-state index contributed by atoms with van der Waals surface area (Å²) in [6.07, 6.45) is 13.6. The molecule has 0 radical (unpaired) electrons. The molecule has 0 aromatic heterocycles. The highest BCUT2D eigenvalue weighted by molar-refractivity contribution is 5.50. The zero-order valence-electron chi connectivity index (χ0n) is 19.4. The molecule has 0 spiro atoms. The van der Waals surface area contributed by atoms with Gasteiger partial charge in [-0.3, -0.25) is 0 Å². The zero-order chi connectivity index (χ0) is 21.0. The normalized spacial score (nSPS) is 41.7. The Hall–Kier alpha value is -1.07. The van der Waals surface area contributed by atoms with Crippen molar-refractivity contribution in [2.24, 2.45) is 34.0 Å². The summed E-state index contributed by atoms with van der Waals surface area (Å²) >= 11 is 0. The maximum Gasteiger partial charge on any atom is 0.0621 e. The summed E-state index contributed by atoms with van der Waals surface area (Å²) in [6, 6.07) is 2.34. The molecule has 0 aromatic rings. The molecule has 0 aliphatic heterocycles. The van der Waals surface area contributed by atoms with Crippen LogP contribution in [0.5, 0.6) is 0 Å². The second-order valence-corrected chi connectivity index (χ2v) is 11.8. The van der Waals surface area contributed by atoms with E-state index in [1.807, 2.05) is 0 Å². The minimum atomic E-state index is -0.183. The van der Waals surface area contributed by atoms with Gasteiger partial charge in [-0.25, -0.2) is 0 Å². The fourth-order valence-electron chi connectivity index (χ4n) is 7.88. The summed E-state index contributed by atoms with van der Waals surface area (Å²) < 4.78 is 0. The van der Waals surface area contributed by atoms with Crippen LogP contribution in [0.4, 0.5) is 0 Å². The van der Waals surface area contributed by atoms with Crippen LogP contribution in [0.3, 0.4) is 0 Å². The second-order valence-electron chi connectivity index (χ2n) is 11.8. The van der Waals surface area contributed by atoms with Crippen LogP contribution >= 0.6 is 0 Å². The van der Waals surface area contributed by atoms with Crippen molar-refractivity contribution >= 4 is 0 Å². The average Bonchev–Trinajstić information content (AvgIpc) is 3.07. The van der Waals surface area contributed by atoms with Gasteiger partial charge in [-0.15, -0.1) is 0 Å². The molecule has 1 N–H and O–H groups in total. The van der Waals surface area contributed by atoms with Crippen LogP contribution in [0.15, 0.2) is 22.8 Å². The zero-order valence-corrected chi connectivity index (χ0v) is 19.4. The summed E-state index contributed by atoms with van der Waals surface area (Å²) in [5, 5.41) is 19.9. The molecule has 4 aliphatic rings. The molecule has 2 nitrogen and oxygen atoms in total. The summed E-state index contributed by atoms with van der Waals surface area (Å²) in [5.41, 5.74) is 5.80. The van der Waals surface area contributed by atoms with E-state index in [0.717, 1.165) is 25.7 Å². The Labute approximate surface area is 178 Å². The van der Waals surface area contributed by atoms with Crippen LogP contribution in [0.2, 0.25) is 0 Å². The van der Waals surface area contributed by atoms with Gasteiger partial charge in [0.2, 0.25) is 0 Å². The number of allylic oxidation sites excluding steroid dienone is 4. The molecule has 0 heterocycles. The monoisotopic (exact) mass is 395 g/mol. The Kier molecular flexibility index (Phi) is 5.30. The molecule has 0 amide bonds. The lowest BCUT2D eigenvalue weighted by atomic mass is 9.44. The van der Waals surface area contributed by atoms with Crippen LogP contribution in [0, 0.1) is 45.3 Å². The van der Waals surface area contributed by atoms with Gasteiger partial charge in [-0.2, -0.15) is 5.26 Å². The molecule has 4 rings (SSSR count). The SMILES string of the molecule is C[C@H](CCCC#N)[C@H]1CC2C(C)(C)[C@@H](O)CC[C@]2(C)C2=C1C1=CCC[C@@]1(C)CC2. The molecule has 4 aliphatic carbocycles. The lowest BCUT2D eigenvalue weighted by Gasteiger charge is -2.61. The lowest BCUT2D eigenvalue weighted by molar-refractivity contribution is -0.0986. The number of fused-ring (bicyclic) bond motifs is 4. The molecule has 0 bridgehead atoms. The van der Waals surface area contributed by atoms with Crippen molar-refractivity contribution in [1.82, 2.24) is 0 Å². The number of aliphatic hydroxyl groups is 1. The van der Waals surface area contributed by atoms with Crippen LogP contribution in [0.1, 0.15) is 98.8 Å². The molecule has 2 heteroatoms. The number of hydrogen-bond acceptors (Lipinski definition) is 2. The summed E-state index contributed by atoms with van der Waals surface area (Å²) in [4.78, 5) is 0. The van der Waals surface area contributed by atoms with Crippen molar-refractivity contribution in [2.75, 3.05) is 0 Å². The third-order valence-corrected chi connectivity index (χ3v) is 9.88. The Bertz CT molecular complexity index is 768. The van der Waals surface area contributed by atoms with Gasteiger partial charge < -0.3 is 5.11 Å². The fraction of sp³-hybridized carbons (Fsp3) is 0.815. The van der Waals surface area contributed by atoms with E-state index < -0.39 is 0 Å². The van der Waals surface area contributed by atoms with Crippen LogP contribution < -0.4 is 0 Å². The van der Waals surface area contributed by atoms with E-state index in [1.54, 1.807) is 16.7 Å². The molecule has 0 saturated heterocycles. The standard InChI is InChI=1S/C27H41NO/c1-18(9-6-7-16-28)19-17-22-25(2,3)23(29)12-15-27(22,5)21-11-14-26(4)13-8-10-20(26)24(19)21/h10,18-19,22-23,29H,6-9,11-15,17H2,1-5H3/t18-,19-,22?,23+,26+,27-/m1/s1. The molecule has 160 valence electrons. The van der Waals surface area contributed by atoms with Crippen LogP contribution in [-0.4, -0.2) is 11.2 Å². The van der Waals surface area contributed by atoms with Crippen molar-refractivity contribution in [2.45, 2.75) is 105 Å². The van der Waals surface area contributed by atoms with Crippen LogP contribution in [0.25, 0.3) is 0 Å². The number of hydrogen-bond donors (Lipinski definition) is 1. The largest absolute Gasteiger partial charge is 0.393 e. The second kappa shape index (κ2) is 7.26. The van der Waals surface area contributed by atoms with E-state index in [9.17, 15) is 5.11 Å². The molecule has 29 heavy (non-hydrogen) atoms. The van der Waals surface area contributed by atoms with Gasteiger partial charge in [0.05, 0.1) is 12.2 Å². The molecule has 1 saturated carbocycles. The van der Waals surface area contributed by atoms with E-state index in [-0.39, 0.29) is 16.9 Å². The van der Waals surface area contributed by atoms with E-state index in [2.05, 4.69) is 46.8 Å². The molecular formula is C27H41NO. The van der Waals surface area contributed by atoms with Gasteiger partial charge >= 0.3 is 0 Å². The topological polar surface area (TPSA) is 44.0 Å². The maximum atomic E-state index is 10.9. The van der Waals surface area contributed by atoms with Gasteiger partial charge in [-0.1, -0.05) is 46.3 Å². The number of aliphatic hydroxyl groups excluding tert-OH is 1. The minimum Gasteiger partial charge on any atom is -0.393 e. The fourth-order valence-corrected chi connectivity index (χ4v) is 7.88. The van der Waals surface area contributed by atoms with E-state index in [1.165, 1.54) is 32.1 Å². The van der Waals surface area contributed by atoms with Crippen molar-refractivity contribution in [1.29, 1.82) is 5.26 Å². The number of nitriles is 1. The third-order valence-electron chi connectivity index (χ3n) is 9.88. The molecule has 1 fully saturated rings. The van der Waals surface area contributed by atoms with Gasteiger partial charge in [0, 0.05) is 6.42 Å². The first-order chi connectivity index (χ1) is 13.6. The van der Waals surface area contributed by atoms with Crippen molar-refractivity contribution in [3.05, 3.63) is 22.8 Å². The van der Waals surface area contributed by atoms with E-state index in [4.69, 9.17) is 5.26 Å². The predicted octanol–water partition coefficient (Wildman–Crippen LogP) is 6.96. The van der Waals surface area contributed by atoms with Crippen molar-refractivity contribution in [3.63, 3.8) is 0 Å². The minimum absolute atomic E-state index is 0.0268. The first-order valence-electron chi connectivity index (χ1n) is 12.1. The molecule has 0 aromatic carbocycles. The maximum absolute atomic E-state index is 10.9.